The Balaban J connectivity index is 1.86. The van der Waals surface area contributed by atoms with Crippen molar-refractivity contribution in [3.8, 4) is 5.75 Å². The highest BCUT2D eigenvalue weighted by atomic mass is 16.5. The number of carbonyl (C=O) groups excluding carboxylic acids is 2. The van der Waals surface area contributed by atoms with Gasteiger partial charge < -0.3 is 15.0 Å². The highest BCUT2D eigenvalue weighted by molar-refractivity contribution is 5.88. The van der Waals surface area contributed by atoms with Crippen molar-refractivity contribution in [2.45, 2.75) is 32.9 Å². The van der Waals surface area contributed by atoms with E-state index in [1.807, 2.05) is 92.7 Å². The highest BCUT2D eigenvalue weighted by Crippen LogP contribution is 2.17. The Morgan fingerprint density at radius 3 is 2.25 bits per heavy atom. The molecule has 0 aliphatic carbocycles. The molecule has 0 aliphatic rings. The van der Waals surface area contributed by atoms with Crippen LogP contribution in [0.15, 0.2) is 78.9 Å². The van der Waals surface area contributed by atoms with E-state index >= 15 is 0 Å². The van der Waals surface area contributed by atoms with Crippen molar-refractivity contribution in [3.63, 3.8) is 0 Å². The molecule has 0 unspecified atom stereocenters. The van der Waals surface area contributed by atoms with Crippen LogP contribution in [0.4, 0.5) is 0 Å². The highest BCUT2D eigenvalue weighted by Gasteiger charge is 2.30. The summed E-state index contributed by atoms with van der Waals surface area (Å²) in [5.41, 5.74) is 4.14. The van der Waals surface area contributed by atoms with Gasteiger partial charge in [-0.2, -0.15) is 0 Å². The number of ether oxygens (including phenoxy) is 1. The second-order valence-electron chi connectivity index (χ2n) is 7.93. The molecule has 0 bridgehead atoms. The zero-order chi connectivity index (χ0) is 22.9. The van der Waals surface area contributed by atoms with E-state index in [1.54, 1.807) is 11.9 Å². The third-order valence-corrected chi connectivity index (χ3v) is 5.34. The fraction of sp³-hybridized carbons (Fsp3) is 0.259. The van der Waals surface area contributed by atoms with Gasteiger partial charge in [-0.15, -0.1) is 0 Å². The quantitative estimate of drug-likeness (QED) is 0.557. The van der Waals surface area contributed by atoms with E-state index in [9.17, 15) is 9.59 Å². The van der Waals surface area contributed by atoms with Crippen LogP contribution in [0.1, 0.15) is 22.3 Å². The third-order valence-electron chi connectivity index (χ3n) is 5.34. The zero-order valence-corrected chi connectivity index (χ0v) is 18.9. The van der Waals surface area contributed by atoms with Crippen molar-refractivity contribution in [3.05, 3.63) is 101 Å². The van der Waals surface area contributed by atoms with Gasteiger partial charge in [0.1, 0.15) is 11.8 Å². The van der Waals surface area contributed by atoms with E-state index in [0.29, 0.717) is 18.7 Å². The molecule has 3 aromatic carbocycles. The van der Waals surface area contributed by atoms with Gasteiger partial charge in [-0.05, 0) is 42.7 Å². The van der Waals surface area contributed by atoms with Crippen LogP contribution >= 0.6 is 0 Å². The van der Waals surface area contributed by atoms with Crippen molar-refractivity contribution in [1.82, 2.24) is 10.2 Å². The van der Waals surface area contributed by atoms with Crippen LogP contribution in [0, 0.1) is 13.8 Å². The summed E-state index contributed by atoms with van der Waals surface area (Å²) in [7, 11) is 1.60. The van der Waals surface area contributed by atoms with Gasteiger partial charge in [-0.25, -0.2) is 0 Å². The second-order valence-corrected chi connectivity index (χ2v) is 7.93. The predicted octanol–water partition coefficient (Wildman–Crippen LogP) is 4.07. The Morgan fingerprint density at radius 1 is 0.875 bits per heavy atom. The molecular weight excluding hydrogens is 400 g/mol. The summed E-state index contributed by atoms with van der Waals surface area (Å²) in [6, 6.07) is 24.6. The summed E-state index contributed by atoms with van der Waals surface area (Å²) in [5.74, 6) is 0.190. The largest absolute Gasteiger partial charge is 0.484 e. The molecule has 0 fully saturated rings. The fourth-order valence-electron chi connectivity index (χ4n) is 3.54. The van der Waals surface area contributed by atoms with Gasteiger partial charge in [-0.1, -0.05) is 72.3 Å². The number of hydrogen-bond acceptors (Lipinski definition) is 3. The van der Waals surface area contributed by atoms with E-state index in [-0.39, 0.29) is 18.4 Å². The van der Waals surface area contributed by atoms with Crippen molar-refractivity contribution < 1.29 is 14.3 Å². The number of hydrogen-bond donors (Lipinski definition) is 1. The minimum Gasteiger partial charge on any atom is -0.484 e. The first-order valence-electron chi connectivity index (χ1n) is 10.8. The molecule has 1 N–H and O–H groups in total. The van der Waals surface area contributed by atoms with Crippen LogP contribution in [0.5, 0.6) is 5.75 Å². The summed E-state index contributed by atoms with van der Waals surface area (Å²) >= 11 is 0. The molecule has 0 aliphatic heterocycles. The minimum atomic E-state index is -0.655. The molecule has 1 atom stereocenters. The number of nitrogens with zero attached hydrogens (tertiary/aromatic N) is 1. The maximum absolute atomic E-state index is 13.3. The average Bonchev–Trinajstić information content (AvgIpc) is 2.81. The number of likely N-dealkylation sites (N-methyl/N-ethyl adjacent to an activating group) is 1. The lowest BCUT2D eigenvalue weighted by Crippen LogP contribution is -2.51. The number of aryl methyl sites for hydroxylation is 2. The van der Waals surface area contributed by atoms with E-state index in [1.165, 1.54) is 0 Å². The number of carbonyl (C=O) groups is 2. The molecule has 0 saturated heterocycles. The summed E-state index contributed by atoms with van der Waals surface area (Å²) < 4.78 is 5.78. The molecule has 32 heavy (non-hydrogen) atoms. The van der Waals surface area contributed by atoms with Gasteiger partial charge >= 0.3 is 0 Å². The van der Waals surface area contributed by atoms with Gasteiger partial charge in [0.25, 0.3) is 5.91 Å². The molecule has 5 nitrogen and oxygen atoms in total. The molecule has 166 valence electrons. The van der Waals surface area contributed by atoms with Crippen LogP contribution in [0.25, 0.3) is 0 Å². The lowest BCUT2D eigenvalue weighted by atomic mass is 10.0. The van der Waals surface area contributed by atoms with Gasteiger partial charge in [0.15, 0.2) is 6.61 Å². The lowest BCUT2D eigenvalue weighted by molar-refractivity contribution is -0.142. The Morgan fingerprint density at radius 2 is 1.59 bits per heavy atom. The Hall–Kier alpha value is -3.60. The van der Waals surface area contributed by atoms with Crippen molar-refractivity contribution in [2.24, 2.45) is 0 Å². The standard InChI is InChI=1S/C27H30N2O3/c1-20-12-14-23(15-13-20)18-29(26(30)19-32-24-11-7-8-21(2)16-24)25(27(31)28-3)17-22-9-5-4-6-10-22/h4-16,25H,17-19H2,1-3H3,(H,28,31)/t25-/m0/s1. The van der Waals surface area contributed by atoms with Crippen LogP contribution in [-0.4, -0.2) is 36.4 Å². The molecule has 0 heterocycles. The van der Waals surface area contributed by atoms with Crippen molar-refractivity contribution >= 4 is 11.8 Å². The van der Waals surface area contributed by atoms with Gasteiger partial charge in [-0.3, -0.25) is 9.59 Å². The SMILES string of the molecule is CNC(=O)[C@H](Cc1ccccc1)N(Cc1ccc(C)cc1)C(=O)COc1cccc(C)c1. The lowest BCUT2D eigenvalue weighted by Gasteiger charge is -2.31. The van der Waals surface area contributed by atoms with Crippen LogP contribution in [-0.2, 0) is 22.6 Å². The maximum Gasteiger partial charge on any atom is 0.261 e. The first-order chi connectivity index (χ1) is 15.5. The van der Waals surface area contributed by atoms with Crippen molar-refractivity contribution in [1.29, 1.82) is 0 Å². The van der Waals surface area contributed by atoms with E-state index in [4.69, 9.17) is 4.74 Å². The molecule has 0 radical (unpaired) electrons. The average molecular weight is 431 g/mol. The minimum absolute atomic E-state index is 0.141. The topological polar surface area (TPSA) is 58.6 Å². The third kappa shape index (κ3) is 6.45. The molecule has 0 aromatic heterocycles. The fourth-order valence-corrected chi connectivity index (χ4v) is 3.54. The first kappa shape index (κ1) is 23.1. The van der Waals surface area contributed by atoms with Gasteiger partial charge in [0.2, 0.25) is 5.91 Å². The zero-order valence-electron chi connectivity index (χ0n) is 18.9. The molecule has 3 rings (SSSR count). The number of amides is 2. The maximum atomic E-state index is 13.3. The Kier molecular flexibility index (Phi) is 8.03. The monoisotopic (exact) mass is 430 g/mol. The molecule has 3 aromatic rings. The van der Waals surface area contributed by atoms with E-state index < -0.39 is 6.04 Å². The molecule has 0 saturated carbocycles. The van der Waals surface area contributed by atoms with Crippen LogP contribution in [0.2, 0.25) is 0 Å². The Bertz CT molecular complexity index is 1030. The van der Waals surface area contributed by atoms with E-state index in [2.05, 4.69) is 5.32 Å². The second kappa shape index (κ2) is 11.1. The Labute approximate surface area is 190 Å². The predicted molar refractivity (Wildman–Crippen MR) is 126 cm³/mol. The molecule has 0 spiro atoms. The molecular formula is C27H30N2O3. The number of benzene rings is 3. The number of rotatable bonds is 9. The van der Waals surface area contributed by atoms with Gasteiger partial charge in [0, 0.05) is 20.0 Å². The normalized spacial score (nSPS) is 11.5. The molecule has 5 heteroatoms. The van der Waals surface area contributed by atoms with Gasteiger partial charge in [0.05, 0.1) is 0 Å². The summed E-state index contributed by atoms with van der Waals surface area (Å²) in [6.07, 6.45) is 0.419. The summed E-state index contributed by atoms with van der Waals surface area (Å²) in [5, 5.41) is 2.72. The van der Waals surface area contributed by atoms with Crippen molar-refractivity contribution in [2.75, 3.05) is 13.7 Å². The van der Waals surface area contributed by atoms with Crippen LogP contribution < -0.4 is 10.1 Å². The van der Waals surface area contributed by atoms with E-state index in [0.717, 1.165) is 22.3 Å². The molecule has 2 amide bonds. The summed E-state index contributed by atoms with van der Waals surface area (Å²) in [4.78, 5) is 27.8. The smallest absolute Gasteiger partial charge is 0.261 e. The number of nitrogens with one attached hydrogen (secondary N) is 1. The summed E-state index contributed by atoms with van der Waals surface area (Å²) in [6.45, 7) is 4.17. The first-order valence-corrected chi connectivity index (χ1v) is 10.8. The van der Waals surface area contributed by atoms with Crippen LogP contribution in [0.3, 0.4) is 0 Å².